The average Bonchev–Trinajstić information content (AvgIpc) is 3.81. The van der Waals surface area contributed by atoms with Crippen LogP contribution < -0.4 is 0 Å². The molecule has 52 heavy (non-hydrogen) atoms. The van der Waals surface area contributed by atoms with E-state index in [-0.39, 0.29) is 29.9 Å². The van der Waals surface area contributed by atoms with Crippen molar-refractivity contribution in [2.75, 3.05) is 6.54 Å². The number of fused-ring (bicyclic) bond motifs is 5. The fraction of sp³-hybridized carbons (Fsp3) is 0.561. The number of halogens is 3. The van der Waals surface area contributed by atoms with Gasteiger partial charge in [-0.05, 0) is 147 Å². The van der Waals surface area contributed by atoms with E-state index in [4.69, 9.17) is 5.11 Å². The van der Waals surface area contributed by atoms with Crippen LogP contribution in [0.25, 0.3) is 0 Å². The van der Waals surface area contributed by atoms with Crippen molar-refractivity contribution >= 4 is 23.2 Å². The number of benzene rings is 2. The highest BCUT2D eigenvalue weighted by molar-refractivity contribution is 7.13. The van der Waals surface area contributed by atoms with Gasteiger partial charge in [0, 0.05) is 23.9 Å². The Morgan fingerprint density at radius 2 is 1.85 bits per heavy atom. The predicted molar refractivity (Wildman–Crippen MR) is 193 cm³/mol. The molecule has 7 atom stereocenters. The third-order valence-electron chi connectivity index (χ3n) is 12.4. The van der Waals surface area contributed by atoms with Crippen LogP contribution in [0.15, 0.2) is 54.6 Å². The van der Waals surface area contributed by atoms with Crippen LogP contribution in [0.1, 0.15) is 114 Å². The van der Waals surface area contributed by atoms with Crippen LogP contribution in [0.3, 0.4) is 0 Å². The van der Waals surface area contributed by atoms with Gasteiger partial charge in [-0.3, -0.25) is 4.79 Å². The summed E-state index contributed by atoms with van der Waals surface area (Å²) in [5.41, 5.74) is 2.70. The fourth-order valence-corrected chi connectivity index (χ4v) is 10.5. The smallest absolute Gasteiger partial charge is 0.416 e. The summed E-state index contributed by atoms with van der Waals surface area (Å²) in [4.78, 5) is 26.3. The van der Waals surface area contributed by atoms with E-state index in [9.17, 15) is 38.1 Å². The van der Waals surface area contributed by atoms with E-state index in [1.54, 1.807) is 18.2 Å². The lowest BCUT2D eigenvalue weighted by atomic mass is 9.55. The molecule has 11 heteroatoms. The number of nitrogens with zero attached hydrogens (tertiary/aromatic N) is 1. The molecule has 2 heterocycles. The van der Waals surface area contributed by atoms with E-state index < -0.39 is 23.8 Å². The molecule has 3 aromatic rings. The van der Waals surface area contributed by atoms with Gasteiger partial charge in [0.25, 0.3) is 0 Å². The van der Waals surface area contributed by atoms with Crippen molar-refractivity contribution in [1.82, 2.24) is 4.90 Å². The van der Waals surface area contributed by atoms with E-state index in [0.717, 1.165) is 42.2 Å². The van der Waals surface area contributed by atoms with Crippen LogP contribution in [0.2, 0.25) is 0 Å². The number of aryl methyl sites for hydroxylation is 2. The second kappa shape index (κ2) is 15.9. The molecule has 0 bridgehead atoms. The predicted octanol–water partition coefficient (Wildman–Crippen LogP) is 8.38. The zero-order valence-electron chi connectivity index (χ0n) is 29.7. The van der Waals surface area contributed by atoms with Gasteiger partial charge in [0.15, 0.2) is 0 Å². The Morgan fingerprint density at radius 3 is 2.60 bits per heavy atom. The van der Waals surface area contributed by atoms with Gasteiger partial charge in [-0.1, -0.05) is 31.2 Å². The Morgan fingerprint density at radius 1 is 1.04 bits per heavy atom. The van der Waals surface area contributed by atoms with E-state index in [1.807, 2.05) is 17.0 Å². The Hall–Kier alpha value is -3.41. The summed E-state index contributed by atoms with van der Waals surface area (Å²) >= 11 is 1.24. The number of hydrogen-bond acceptors (Lipinski definition) is 6. The first-order valence-electron chi connectivity index (χ1n) is 18.7. The highest BCUT2D eigenvalue weighted by atomic mass is 32.1. The minimum Gasteiger partial charge on any atom is -0.508 e. The van der Waals surface area contributed by atoms with Crippen molar-refractivity contribution in [2.24, 2.45) is 17.3 Å². The molecule has 2 saturated carbocycles. The summed E-state index contributed by atoms with van der Waals surface area (Å²) in [6, 6.07) is 14.3. The average molecular weight is 742 g/mol. The van der Waals surface area contributed by atoms with E-state index >= 15 is 0 Å². The van der Waals surface area contributed by atoms with Crippen molar-refractivity contribution in [3.8, 4) is 5.75 Å². The molecule has 1 saturated heterocycles. The number of likely N-dealkylation sites (tertiary alicyclic amines) is 1. The highest BCUT2D eigenvalue weighted by Gasteiger charge is 2.54. The number of rotatable bonds is 10. The topological polar surface area (TPSA) is 118 Å². The maximum absolute atomic E-state index is 12.9. The van der Waals surface area contributed by atoms with Crippen LogP contribution in [-0.4, -0.2) is 62.0 Å². The van der Waals surface area contributed by atoms with Gasteiger partial charge in [0.2, 0.25) is 5.91 Å². The summed E-state index contributed by atoms with van der Waals surface area (Å²) in [6.07, 6.45) is 5.28. The molecule has 3 aliphatic carbocycles. The first-order valence-corrected chi connectivity index (χ1v) is 19.5. The standard InChI is InChI=1S/C23H26F3NO4S.C18H24O2/c24-23(25,26)16-4-1-3-15(13-16)14-18(28)8-6-17-7-11-21(29)27(17)12-2-5-19-9-10-20(32-19)22(30)31;1-18-9-8-14-13-5-3-12(19)10-11(13)2-4-15(14)16(18)6-7-17(18)20/h1,3-4,9-10,13,17-18,28H,2,5-8,11-12,14H2,(H,30,31);3,5,10,14-17,19-20H,2,4,6-9H2,1H3/t17-,18+;14-,15-,16+,17+,18+/m01/s1. The van der Waals surface area contributed by atoms with Crippen LogP contribution in [0.5, 0.6) is 5.75 Å². The maximum Gasteiger partial charge on any atom is 0.416 e. The Bertz CT molecular complexity index is 1730. The molecule has 1 aliphatic heterocycles. The first-order chi connectivity index (χ1) is 24.7. The third-order valence-corrected chi connectivity index (χ3v) is 13.5. The number of carbonyl (C=O) groups is 2. The minimum absolute atomic E-state index is 0.0107. The quantitative estimate of drug-likeness (QED) is 0.166. The minimum atomic E-state index is -4.41. The van der Waals surface area contributed by atoms with E-state index in [1.165, 1.54) is 47.8 Å². The van der Waals surface area contributed by atoms with Crippen molar-refractivity contribution < 1.29 is 43.2 Å². The van der Waals surface area contributed by atoms with Crippen LogP contribution in [0.4, 0.5) is 13.2 Å². The van der Waals surface area contributed by atoms with Crippen LogP contribution in [-0.2, 0) is 30.2 Å². The lowest BCUT2D eigenvalue weighted by Gasteiger charge is -2.50. The number of aliphatic hydroxyl groups excluding tert-OH is 2. The summed E-state index contributed by atoms with van der Waals surface area (Å²) in [6.45, 7) is 2.88. The molecule has 3 fully saturated rings. The zero-order valence-corrected chi connectivity index (χ0v) is 30.5. The number of aromatic carboxylic acids is 1. The molecule has 0 spiro atoms. The first kappa shape index (κ1) is 38.3. The molecule has 7 rings (SSSR count). The number of aromatic hydroxyl groups is 1. The number of amides is 1. The SMILES string of the molecule is C[C@]12CC[C@@H]3c4ccc(O)cc4CC[C@H]3[C@@H]1CC[C@@H]2O.O=C(O)c1ccc(CCCN2C(=O)CC[C@@H]2CC[C@@H](O)Cc2cccc(C(F)(F)F)c2)s1. The molecule has 0 unspecified atom stereocenters. The number of phenols is 1. The second-order valence-electron chi connectivity index (χ2n) is 15.5. The van der Waals surface area contributed by atoms with Crippen LogP contribution >= 0.6 is 11.3 Å². The van der Waals surface area contributed by atoms with Gasteiger partial charge >= 0.3 is 12.1 Å². The van der Waals surface area contributed by atoms with E-state index in [2.05, 4.69) is 13.0 Å². The summed E-state index contributed by atoms with van der Waals surface area (Å²) in [5.74, 6) is 1.61. The van der Waals surface area contributed by atoms with Gasteiger partial charge < -0.3 is 25.3 Å². The molecule has 0 radical (unpaired) electrons. The molecule has 7 nitrogen and oxygen atoms in total. The molecular formula is C41H50F3NO6S. The molecule has 4 N–H and O–H groups in total. The summed E-state index contributed by atoms with van der Waals surface area (Å²) in [7, 11) is 0. The van der Waals surface area contributed by atoms with Crippen LogP contribution in [0, 0.1) is 17.3 Å². The molecule has 4 aliphatic rings. The van der Waals surface area contributed by atoms with Gasteiger partial charge in [-0.2, -0.15) is 13.2 Å². The number of carboxylic acids is 1. The number of carboxylic acid groups (broad SMARTS) is 1. The van der Waals surface area contributed by atoms with Crippen molar-refractivity contribution in [3.63, 3.8) is 0 Å². The molecule has 2 aromatic carbocycles. The molecule has 282 valence electrons. The fourth-order valence-electron chi connectivity index (χ4n) is 9.63. The Kier molecular flexibility index (Phi) is 11.7. The largest absolute Gasteiger partial charge is 0.508 e. The number of hydrogen-bond donors (Lipinski definition) is 4. The van der Waals surface area contributed by atoms with Crippen molar-refractivity contribution in [3.05, 3.63) is 86.6 Å². The monoisotopic (exact) mass is 741 g/mol. The van der Waals surface area contributed by atoms with Gasteiger partial charge in [0.1, 0.15) is 10.6 Å². The number of aliphatic hydroxyl groups is 2. The van der Waals surface area contributed by atoms with Gasteiger partial charge in [-0.25, -0.2) is 4.79 Å². The molecule has 1 amide bonds. The Balaban J connectivity index is 0.000000197. The lowest BCUT2D eigenvalue weighted by Crippen LogP contribution is -2.43. The number of phenolic OH excluding ortho intramolecular Hbond substituents is 1. The normalized spacial score (nSPS) is 27.3. The molecule has 1 aromatic heterocycles. The molecular weight excluding hydrogens is 692 g/mol. The van der Waals surface area contributed by atoms with Crippen molar-refractivity contribution in [1.29, 1.82) is 0 Å². The zero-order chi connectivity index (χ0) is 37.2. The van der Waals surface area contributed by atoms with Gasteiger partial charge in [-0.15, -0.1) is 11.3 Å². The summed E-state index contributed by atoms with van der Waals surface area (Å²) in [5, 5.41) is 39.4. The number of carbonyl (C=O) groups excluding carboxylic acids is 1. The summed E-state index contributed by atoms with van der Waals surface area (Å²) < 4.78 is 38.6. The van der Waals surface area contributed by atoms with Gasteiger partial charge in [0.05, 0.1) is 17.8 Å². The number of thiophene rings is 1. The second-order valence-corrected chi connectivity index (χ2v) is 16.7. The Labute approximate surface area is 307 Å². The maximum atomic E-state index is 12.9. The third kappa shape index (κ3) is 8.52. The van der Waals surface area contributed by atoms with E-state index in [0.29, 0.717) is 73.1 Å². The number of alkyl halides is 3. The lowest BCUT2D eigenvalue weighted by molar-refractivity contribution is -0.137. The van der Waals surface area contributed by atoms with Crippen molar-refractivity contribution in [2.45, 2.75) is 121 Å². The highest BCUT2D eigenvalue weighted by Crippen LogP contribution is 2.61.